The van der Waals surface area contributed by atoms with E-state index in [4.69, 9.17) is 14.6 Å². The van der Waals surface area contributed by atoms with Crippen molar-refractivity contribution in [3.8, 4) is 11.5 Å². The Morgan fingerprint density at radius 1 is 1.29 bits per heavy atom. The Hall–Kier alpha value is -1.71. The first-order chi connectivity index (χ1) is 7.95. The molecule has 4 nitrogen and oxygen atoms in total. The molecule has 1 aromatic carbocycles. The molecule has 0 aliphatic heterocycles. The molecule has 1 N–H and O–H groups in total. The minimum Gasteiger partial charge on any atom is -0.494 e. The SMILES string of the molecule is CCOc1cccc(OCC(C)(C)C(=O)O)c1. The zero-order chi connectivity index (χ0) is 12.9. The molecule has 0 fully saturated rings. The number of aliphatic carboxylic acids is 1. The molecule has 0 bridgehead atoms. The van der Waals surface area contributed by atoms with Crippen LogP contribution in [0, 0.1) is 5.41 Å². The van der Waals surface area contributed by atoms with Crippen molar-refractivity contribution in [2.24, 2.45) is 5.41 Å². The van der Waals surface area contributed by atoms with Gasteiger partial charge in [-0.3, -0.25) is 4.79 Å². The molecule has 0 aliphatic rings. The molecule has 94 valence electrons. The van der Waals surface area contributed by atoms with Crippen LogP contribution in [0.1, 0.15) is 20.8 Å². The molecule has 0 aromatic heterocycles. The predicted molar refractivity (Wildman–Crippen MR) is 64.5 cm³/mol. The first kappa shape index (κ1) is 13.4. The van der Waals surface area contributed by atoms with Crippen LogP contribution in [0.3, 0.4) is 0 Å². The average molecular weight is 238 g/mol. The summed E-state index contributed by atoms with van der Waals surface area (Å²) in [5.41, 5.74) is -0.901. The van der Waals surface area contributed by atoms with Gasteiger partial charge in [0, 0.05) is 6.07 Å². The van der Waals surface area contributed by atoms with E-state index in [1.165, 1.54) is 0 Å². The van der Waals surface area contributed by atoms with Gasteiger partial charge < -0.3 is 14.6 Å². The van der Waals surface area contributed by atoms with Gasteiger partial charge in [-0.1, -0.05) is 6.07 Å². The summed E-state index contributed by atoms with van der Waals surface area (Å²) >= 11 is 0. The van der Waals surface area contributed by atoms with E-state index >= 15 is 0 Å². The van der Waals surface area contributed by atoms with Crippen molar-refractivity contribution >= 4 is 5.97 Å². The maximum absolute atomic E-state index is 10.9. The normalized spacial score (nSPS) is 11.0. The summed E-state index contributed by atoms with van der Waals surface area (Å²) in [6, 6.07) is 7.18. The van der Waals surface area contributed by atoms with Crippen LogP contribution in [0.5, 0.6) is 11.5 Å². The molecule has 1 rings (SSSR count). The second-order valence-electron chi connectivity index (χ2n) is 4.39. The highest BCUT2D eigenvalue weighted by Gasteiger charge is 2.28. The maximum atomic E-state index is 10.9. The van der Waals surface area contributed by atoms with Crippen molar-refractivity contribution in [2.75, 3.05) is 13.2 Å². The monoisotopic (exact) mass is 238 g/mol. The summed E-state index contributed by atoms with van der Waals surface area (Å²) in [7, 11) is 0. The number of carboxylic acid groups (broad SMARTS) is 1. The number of carbonyl (C=O) groups is 1. The second kappa shape index (κ2) is 5.57. The Bertz CT molecular complexity index is 385. The van der Waals surface area contributed by atoms with Crippen LogP contribution < -0.4 is 9.47 Å². The summed E-state index contributed by atoms with van der Waals surface area (Å²) in [5, 5.41) is 8.95. The lowest BCUT2D eigenvalue weighted by molar-refractivity contribution is -0.148. The topological polar surface area (TPSA) is 55.8 Å². The van der Waals surface area contributed by atoms with Gasteiger partial charge in [-0.05, 0) is 32.9 Å². The zero-order valence-corrected chi connectivity index (χ0v) is 10.4. The van der Waals surface area contributed by atoms with E-state index in [0.717, 1.165) is 5.75 Å². The molecular weight excluding hydrogens is 220 g/mol. The smallest absolute Gasteiger partial charge is 0.312 e. The van der Waals surface area contributed by atoms with E-state index < -0.39 is 11.4 Å². The fourth-order valence-corrected chi connectivity index (χ4v) is 1.15. The van der Waals surface area contributed by atoms with Gasteiger partial charge in [0.15, 0.2) is 0 Å². The standard InChI is InChI=1S/C13H18O4/c1-4-16-10-6-5-7-11(8-10)17-9-13(2,3)12(14)15/h5-8H,4,9H2,1-3H3,(H,14,15). The minimum absolute atomic E-state index is 0.123. The predicted octanol–water partition coefficient (Wildman–Crippen LogP) is 2.57. The van der Waals surface area contributed by atoms with Gasteiger partial charge in [0.1, 0.15) is 18.1 Å². The largest absolute Gasteiger partial charge is 0.494 e. The van der Waals surface area contributed by atoms with Crippen LogP contribution in [0.15, 0.2) is 24.3 Å². The number of ether oxygens (including phenoxy) is 2. The van der Waals surface area contributed by atoms with Crippen molar-refractivity contribution in [3.05, 3.63) is 24.3 Å². The molecule has 0 radical (unpaired) electrons. The van der Waals surface area contributed by atoms with E-state index in [1.54, 1.807) is 26.0 Å². The summed E-state index contributed by atoms with van der Waals surface area (Å²) in [6.45, 7) is 5.87. The lowest BCUT2D eigenvalue weighted by Crippen LogP contribution is -2.30. The summed E-state index contributed by atoms with van der Waals surface area (Å²) < 4.78 is 10.8. The van der Waals surface area contributed by atoms with E-state index in [9.17, 15) is 4.79 Å². The van der Waals surface area contributed by atoms with Gasteiger partial charge >= 0.3 is 5.97 Å². The van der Waals surface area contributed by atoms with Crippen LogP contribution >= 0.6 is 0 Å². The minimum atomic E-state index is -0.901. The van der Waals surface area contributed by atoms with E-state index in [0.29, 0.717) is 12.4 Å². The molecular formula is C13H18O4. The molecule has 0 aliphatic carbocycles. The third-order valence-electron chi connectivity index (χ3n) is 2.30. The van der Waals surface area contributed by atoms with E-state index in [2.05, 4.69) is 0 Å². The third kappa shape index (κ3) is 3.98. The Morgan fingerprint density at radius 2 is 1.88 bits per heavy atom. The van der Waals surface area contributed by atoms with Gasteiger partial charge in [0.25, 0.3) is 0 Å². The Balaban J connectivity index is 2.63. The highest BCUT2D eigenvalue weighted by atomic mass is 16.5. The number of carboxylic acids is 1. The molecule has 17 heavy (non-hydrogen) atoms. The number of hydrogen-bond acceptors (Lipinski definition) is 3. The first-order valence-electron chi connectivity index (χ1n) is 5.55. The van der Waals surface area contributed by atoms with Crippen molar-refractivity contribution in [1.29, 1.82) is 0 Å². The second-order valence-corrected chi connectivity index (χ2v) is 4.39. The van der Waals surface area contributed by atoms with Gasteiger partial charge in [-0.15, -0.1) is 0 Å². The van der Waals surface area contributed by atoms with Gasteiger partial charge in [0.2, 0.25) is 0 Å². The lowest BCUT2D eigenvalue weighted by atomic mass is 9.95. The molecule has 0 heterocycles. The molecule has 1 aromatic rings. The molecule has 0 atom stereocenters. The molecule has 4 heteroatoms. The van der Waals surface area contributed by atoms with Gasteiger partial charge in [-0.25, -0.2) is 0 Å². The molecule has 0 amide bonds. The summed E-state index contributed by atoms with van der Waals surface area (Å²) in [5.74, 6) is 0.460. The quantitative estimate of drug-likeness (QED) is 0.827. The first-order valence-corrected chi connectivity index (χ1v) is 5.55. The number of rotatable bonds is 6. The summed E-state index contributed by atoms with van der Waals surface area (Å²) in [6.07, 6.45) is 0. The van der Waals surface area contributed by atoms with Crippen LogP contribution in [-0.2, 0) is 4.79 Å². The van der Waals surface area contributed by atoms with Crippen LogP contribution in [0.25, 0.3) is 0 Å². The zero-order valence-electron chi connectivity index (χ0n) is 10.4. The van der Waals surface area contributed by atoms with Gasteiger partial charge in [-0.2, -0.15) is 0 Å². The highest BCUT2D eigenvalue weighted by molar-refractivity contribution is 5.73. The highest BCUT2D eigenvalue weighted by Crippen LogP contribution is 2.22. The maximum Gasteiger partial charge on any atom is 0.312 e. The Morgan fingerprint density at radius 3 is 2.41 bits per heavy atom. The van der Waals surface area contributed by atoms with Crippen LogP contribution in [0.2, 0.25) is 0 Å². The van der Waals surface area contributed by atoms with Crippen molar-refractivity contribution in [2.45, 2.75) is 20.8 Å². The lowest BCUT2D eigenvalue weighted by Gasteiger charge is -2.19. The molecule has 0 saturated heterocycles. The molecule has 0 unspecified atom stereocenters. The number of hydrogen-bond donors (Lipinski definition) is 1. The van der Waals surface area contributed by atoms with Crippen molar-refractivity contribution in [3.63, 3.8) is 0 Å². The third-order valence-corrected chi connectivity index (χ3v) is 2.30. The van der Waals surface area contributed by atoms with Crippen LogP contribution in [0.4, 0.5) is 0 Å². The van der Waals surface area contributed by atoms with Crippen LogP contribution in [-0.4, -0.2) is 24.3 Å². The average Bonchev–Trinajstić information content (AvgIpc) is 2.27. The van der Waals surface area contributed by atoms with E-state index in [-0.39, 0.29) is 6.61 Å². The fourth-order valence-electron chi connectivity index (χ4n) is 1.15. The molecule has 0 saturated carbocycles. The number of benzene rings is 1. The Kier molecular flexibility index (Phi) is 4.37. The van der Waals surface area contributed by atoms with Crippen molar-refractivity contribution in [1.82, 2.24) is 0 Å². The molecule has 0 spiro atoms. The Labute approximate surface area is 101 Å². The fraction of sp³-hybridized carbons (Fsp3) is 0.462. The summed E-state index contributed by atoms with van der Waals surface area (Å²) in [4.78, 5) is 10.9. The van der Waals surface area contributed by atoms with Gasteiger partial charge in [0.05, 0.1) is 12.0 Å². The van der Waals surface area contributed by atoms with E-state index in [1.807, 2.05) is 19.1 Å². The van der Waals surface area contributed by atoms with Crippen molar-refractivity contribution < 1.29 is 19.4 Å².